The van der Waals surface area contributed by atoms with E-state index in [1.807, 2.05) is 13.8 Å². The molecule has 0 radical (unpaired) electrons. The van der Waals surface area contributed by atoms with Crippen LogP contribution in [0.1, 0.15) is 22.5 Å². The number of carboxylic acids is 1. The molecule has 1 aromatic rings. The smallest absolute Gasteiger partial charge is 0.334 e. The van der Waals surface area contributed by atoms with Gasteiger partial charge in [-0.15, -0.1) is 11.3 Å². The molecule has 110 valence electrons. The lowest BCUT2D eigenvalue weighted by Gasteiger charge is -2.34. The number of morpholine rings is 1. The van der Waals surface area contributed by atoms with Gasteiger partial charge in [0.25, 0.3) is 0 Å². The maximum atomic E-state index is 12.3. The van der Waals surface area contributed by atoms with Gasteiger partial charge in [0.15, 0.2) is 6.10 Å². The third kappa shape index (κ3) is 3.34. The first-order valence-electron chi connectivity index (χ1n) is 6.45. The van der Waals surface area contributed by atoms with Gasteiger partial charge in [0.1, 0.15) is 0 Å². The maximum Gasteiger partial charge on any atom is 0.334 e. The number of carbonyl (C=O) groups excluding carboxylic acids is 1. The average Bonchev–Trinajstić information content (AvgIpc) is 2.66. The number of hydrogen-bond acceptors (Lipinski definition) is 5. The van der Waals surface area contributed by atoms with Crippen LogP contribution in [0.3, 0.4) is 0 Å². The lowest BCUT2D eigenvalue weighted by Crippen LogP contribution is -2.52. The molecule has 1 amide bonds. The Balaban J connectivity index is 2.04. The molecule has 2 atom stereocenters. The minimum Gasteiger partial charge on any atom is -0.479 e. The molecular weight excluding hydrogens is 280 g/mol. The van der Waals surface area contributed by atoms with Crippen molar-refractivity contribution in [2.45, 2.75) is 39.4 Å². The molecule has 20 heavy (non-hydrogen) atoms. The van der Waals surface area contributed by atoms with Crippen molar-refractivity contribution in [1.82, 2.24) is 9.88 Å². The van der Waals surface area contributed by atoms with Gasteiger partial charge in [0, 0.05) is 11.4 Å². The Morgan fingerprint density at radius 3 is 2.70 bits per heavy atom. The predicted octanol–water partition coefficient (Wildman–Crippen LogP) is 1.00. The lowest BCUT2D eigenvalue weighted by atomic mass is 10.2. The van der Waals surface area contributed by atoms with E-state index in [1.165, 1.54) is 0 Å². The standard InChI is InChI=1S/C13H18N2O4S/c1-7-5-15(6-11(19-7)13(17)18)12(16)4-10-8(2)20-9(3)14-10/h7,11H,4-6H2,1-3H3,(H,17,18)/t7-,11-/m1/s1. The zero-order valence-electron chi connectivity index (χ0n) is 11.8. The van der Waals surface area contributed by atoms with Crippen molar-refractivity contribution in [3.05, 3.63) is 15.6 Å². The number of aryl methyl sites for hydroxylation is 2. The van der Waals surface area contributed by atoms with Crippen molar-refractivity contribution in [2.24, 2.45) is 0 Å². The predicted molar refractivity (Wildman–Crippen MR) is 73.8 cm³/mol. The second-order valence-corrected chi connectivity index (χ2v) is 6.39. The van der Waals surface area contributed by atoms with Gasteiger partial charge in [0.05, 0.1) is 29.8 Å². The van der Waals surface area contributed by atoms with Crippen molar-refractivity contribution in [3.8, 4) is 0 Å². The van der Waals surface area contributed by atoms with Crippen LogP contribution in [0.4, 0.5) is 0 Å². The van der Waals surface area contributed by atoms with Crippen LogP contribution in [0.25, 0.3) is 0 Å². The van der Waals surface area contributed by atoms with Crippen LogP contribution >= 0.6 is 11.3 Å². The highest BCUT2D eigenvalue weighted by Crippen LogP contribution is 2.19. The summed E-state index contributed by atoms with van der Waals surface area (Å²) in [5, 5.41) is 9.95. The number of aliphatic carboxylic acids is 1. The molecule has 0 bridgehead atoms. The van der Waals surface area contributed by atoms with E-state index in [9.17, 15) is 9.59 Å². The molecule has 7 heteroatoms. The monoisotopic (exact) mass is 298 g/mol. The van der Waals surface area contributed by atoms with E-state index < -0.39 is 12.1 Å². The minimum atomic E-state index is -1.03. The molecule has 6 nitrogen and oxygen atoms in total. The van der Waals surface area contributed by atoms with E-state index >= 15 is 0 Å². The highest BCUT2D eigenvalue weighted by molar-refractivity contribution is 7.11. The molecule has 0 unspecified atom stereocenters. The Bertz CT molecular complexity index is 528. The molecule has 0 spiro atoms. The average molecular weight is 298 g/mol. The van der Waals surface area contributed by atoms with E-state index in [0.29, 0.717) is 6.54 Å². The normalized spacial score (nSPS) is 22.9. The van der Waals surface area contributed by atoms with Crippen molar-refractivity contribution in [2.75, 3.05) is 13.1 Å². The molecule has 2 rings (SSSR count). The summed E-state index contributed by atoms with van der Waals surface area (Å²) in [7, 11) is 0. The van der Waals surface area contributed by atoms with E-state index in [0.717, 1.165) is 15.6 Å². The molecule has 0 aromatic carbocycles. The molecule has 1 aliphatic heterocycles. The third-order valence-electron chi connectivity index (χ3n) is 3.21. The number of nitrogens with zero attached hydrogens (tertiary/aromatic N) is 2. The molecule has 1 fully saturated rings. The third-order valence-corrected chi connectivity index (χ3v) is 4.14. The Kier molecular flexibility index (Phi) is 4.39. The van der Waals surface area contributed by atoms with Crippen molar-refractivity contribution in [1.29, 1.82) is 0 Å². The molecule has 1 aromatic heterocycles. The fraction of sp³-hybridized carbons (Fsp3) is 0.615. The quantitative estimate of drug-likeness (QED) is 0.900. The van der Waals surface area contributed by atoms with Crippen molar-refractivity contribution in [3.63, 3.8) is 0 Å². The number of amides is 1. The summed E-state index contributed by atoms with van der Waals surface area (Å²) < 4.78 is 5.30. The van der Waals surface area contributed by atoms with E-state index in [2.05, 4.69) is 4.98 Å². The summed E-state index contributed by atoms with van der Waals surface area (Å²) in [6.45, 7) is 6.14. The van der Waals surface area contributed by atoms with Gasteiger partial charge in [-0.05, 0) is 20.8 Å². The minimum absolute atomic E-state index is 0.0974. The summed E-state index contributed by atoms with van der Waals surface area (Å²) in [5.74, 6) is -1.13. The van der Waals surface area contributed by atoms with Crippen LogP contribution in [-0.2, 0) is 20.7 Å². The summed E-state index contributed by atoms with van der Waals surface area (Å²) in [6, 6.07) is 0. The highest BCUT2D eigenvalue weighted by Gasteiger charge is 2.32. The topological polar surface area (TPSA) is 79.7 Å². The van der Waals surface area contributed by atoms with E-state index in [-0.39, 0.29) is 25.0 Å². The first-order chi connectivity index (χ1) is 9.36. The molecule has 1 aliphatic rings. The van der Waals surface area contributed by atoms with Gasteiger partial charge in [-0.25, -0.2) is 9.78 Å². The van der Waals surface area contributed by atoms with Crippen molar-refractivity contribution < 1.29 is 19.4 Å². The van der Waals surface area contributed by atoms with Crippen LogP contribution in [0.5, 0.6) is 0 Å². The number of rotatable bonds is 3. The van der Waals surface area contributed by atoms with Gasteiger partial charge in [-0.3, -0.25) is 4.79 Å². The number of hydrogen-bond donors (Lipinski definition) is 1. The Hall–Kier alpha value is -1.47. The first-order valence-corrected chi connectivity index (χ1v) is 7.27. The molecule has 1 N–H and O–H groups in total. The number of aromatic nitrogens is 1. The zero-order chi connectivity index (χ0) is 14.9. The molecule has 1 saturated heterocycles. The zero-order valence-corrected chi connectivity index (χ0v) is 12.6. The summed E-state index contributed by atoms with van der Waals surface area (Å²) in [5.41, 5.74) is 0.781. The number of ether oxygens (including phenoxy) is 1. The van der Waals surface area contributed by atoms with Gasteiger partial charge in [-0.2, -0.15) is 0 Å². The Morgan fingerprint density at radius 1 is 1.45 bits per heavy atom. The second kappa shape index (κ2) is 5.88. The van der Waals surface area contributed by atoms with Gasteiger partial charge in [-0.1, -0.05) is 0 Å². The maximum absolute atomic E-state index is 12.3. The number of carboxylic acid groups (broad SMARTS) is 1. The number of carbonyl (C=O) groups is 2. The lowest BCUT2D eigenvalue weighted by molar-refractivity contribution is -0.166. The largest absolute Gasteiger partial charge is 0.479 e. The Morgan fingerprint density at radius 2 is 2.15 bits per heavy atom. The fourth-order valence-electron chi connectivity index (χ4n) is 2.28. The van der Waals surface area contributed by atoms with Crippen molar-refractivity contribution >= 4 is 23.2 Å². The first kappa shape index (κ1) is 14.9. The molecule has 2 heterocycles. The van der Waals surface area contributed by atoms with Crippen LogP contribution < -0.4 is 0 Å². The van der Waals surface area contributed by atoms with Crippen LogP contribution in [0.2, 0.25) is 0 Å². The SMILES string of the molecule is Cc1nc(CC(=O)N2C[C@@H](C)O[C@@H](C(=O)O)C2)c(C)s1. The Labute approximate surface area is 121 Å². The van der Waals surface area contributed by atoms with Gasteiger partial charge >= 0.3 is 5.97 Å². The molecule has 0 saturated carbocycles. The summed E-state index contributed by atoms with van der Waals surface area (Å²) in [4.78, 5) is 30.2. The van der Waals surface area contributed by atoms with Crippen LogP contribution in [0, 0.1) is 13.8 Å². The van der Waals surface area contributed by atoms with E-state index in [4.69, 9.17) is 9.84 Å². The van der Waals surface area contributed by atoms with Crippen LogP contribution in [0.15, 0.2) is 0 Å². The fourth-order valence-corrected chi connectivity index (χ4v) is 3.12. The molecule has 0 aliphatic carbocycles. The molecular formula is C13H18N2O4S. The second-order valence-electron chi connectivity index (χ2n) is 4.98. The van der Waals surface area contributed by atoms with Crippen LogP contribution in [-0.4, -0.2) is 52.2 Å². The van der Waals surface area contributed by atoms with E-state index in [1.54, 1.807) is 23.2 Å². The summed E-state index contributed by atoms with van der Waals surface area (Å²) in [6.07, 6.45) is -0.997. The summed E-state index contributed by atoms with van der Waals surface area (Å²) >= 11 is 1.56. The van der Waals surface area contributed by atoms with Gasteiger partial charge in [0.2, 0.25) is 5.91 Å². The van der Waals surface area contributed by atoms with Gasteiger partial charge < -0.3 is 14.7 Å². The highest BCUT2D eigenvalue weighted by atomic mass is 32.1. The number of thiazole rings is 1.